The molecule has 5 nitrogen and oxygen atoms in total. The van der Waals surface area contributed by atoms with Gasteiger partial charge < -0.3 is 9.64 Å². The van der Waals surface area contributed by atoms with Gasteiger partial charge in [0.25, 0.3) is 0 Å². The van der Waals surface area contributed by atoms with E-state index >= 15 is 0 Å². The minimum Gasteiger partial charge on any atom is -0.497 e. The lowest BCUT2D eigenvalue weighted by molar-refractivity contribution is -0.116. The fourth-order valence-electron chi connectivity index (χ4n) is 3.14. The number of hydrogen-bond acceptors (Lipinski definition) is 7. The van der Waals surface area contributed by atoms with Crippen molar-refractivity contribution in [2.75, 3.05) is 50.2 Å². The summed E-state index contributed by atoms with van der Waals surface area (Å²) in [4.78, 5) is 24.5. The predicted molar refractivity (Wildman–Crippen MR) is 135 cm³/mol. The summed E-state index contributed by atoms with van der Waals surface area (Å²) >= 11 is 4.85. The fourth-order valence-corrected chi connectivity index (χ4v) is 5.48. The number of carbonyl (C=O) groups is 1. The minimum atomic E-state index is 0.0807. The Hall–Kier alpha value is -1.74. The van der Waals surface area contributed by atoms with E-state index in [9.17, 15) is 4.79 Å². The van der Waals surface area contributed by atoms with Crippen molar-refractivity contribution >= 4 is 56.1 Å². The quantitative estimate of drug-likeness (QED) is 0.342. The molecule has 0 aliphatic heterocycles. The molecule has 0 N–H and O–H groups in total. The standard InChI is InChI=1S/C23H29N3O2S3/c1-5-25(6-2)13-14-26(22(27)16-30-18-9-7-17(28-3)8-10-18)23-24-20-12-11-19(29-4)15-21(20)31-23/h7-12,15H,5-6,13-14,16H2,1-4H3. The molecule has 166 valence electrons. The second kappa shape index (κ2) is 11.8. The summed E-state index contributed by atoms with van der Waals surface area (Å²) in [5, 5.41) is 0.778. The van der Waals surface area contributed by atoms with Crippen molar-refractivity contribution in [1.29, 1.82) is 0 Å². The summed E-state index contributed by atoms with van der Waals surface area (Å²) in [5.74, 6) is 1.27. The Kier molecular flexibility index (Phi) is 9.07. The number of amides is 1. The monoisotopic (exact) mass is 475 g/mol. The number of carbonyl (C=O) groups excluding carboxylic acids is 1. The highest BCUT2D eigenvalue weighted by Gasteiger charge is 2.21. The highest BCUT2D eigenvalue weighted by Crippen LogP contribution is 2.32. The van der Waals surface area contributed by atoms with Gasteiger partial charge >= 0.3 is 0 Å². The molecular formula is C23H29N3O2S3. The van der Waals surface area contributed by atoms with Crippen molar-refractivity contribution in [3.8, 4) is 5.75 Å². The van der Waals surface area contributed by atoms with E-state index in [0.717, 1.165) is 45.6 Å². The second-order valence-electron chi connectivity index (χ2n) is 6.87. The van der Waals surface area contributed by atoms with Crippen LogP contribution in [0.15, 0.2) is 52.3 Å². The summed E-state index contributed by atoms with van der Waals surface area (Å²) in [5.41, 5.74) is 0.946. The SMILES string of the molecule is CCN(CC)CCN(C(=O)CSc1ccc(OC)cc1)c1nc2ccc(SC)cc2s1. The van der Waals surface area contributed by atoms with Crippen LogP contribution in [0.5, 0.6) is 5.75 Å². The van der Waals surface area contributed by atoms with Crippen LogP contribution in [0.25, 0.3) is 10.2 Å². The van der Waals surface area contributed by atoms with Crippen LogP contribution in [0.1, 0.15) is 13.8 Å². The Morgan fingerprint density at radius 1 is 1.06 bits per heavy atom. The molecule has 0 bridgehead atoms. The molecule has 1 aromatic heterocycles. The van der Waals surface area contributed by atoms with Gasteiger partial charge in [0.1, 0.15) is 5.75 Å². The van der Waals surface area contributed by atoms with Gasteiger partial charge in [-0.05, 0) is 61.8 Å². The molecule has 0 saturated heterocycles. The van der Waals surface area contributed by atoms with Gasteiger partial charge in [0.15, 0.2) is 5.13 Å². The Morgan fingerprint density at radius 3 is 2.42 bits per heavy atom. The maximum Gasteiger partial charge on any atom is 0.239 e. The number of rotatable bonds is 11. The first-order chi connectivity index (χ1) is 15.1. The van der Waals surface area contributed by atoms with Crippen molar-refractivity contribution in [1.82, 2.24) is 9.88 Å². The van der Waals surface area contributed by atoms with Gasteiger partial charge in [-0.1, -0.05) is 25.2 Å². The van der Waals surface area contributed by atoms with Gasteiger partial charge in [0, 0.05) is 22.9 Å². The number of thioether (sulfide) groups is 2. The number of hydrogen-bond donors (Lipinski definition) is 0. The van der Waals surface area contributed by atoms with Crippen LogP contribution in [-0.2, 0) is 4.79 Å². The van der Waals surface area contributed by atoms with Gasteiger partial charge in [0.2, 0.25) is 5.91 Å². The zero-order valence-corrected chi connectivity index (χ0v) is 20.9. The normalized spacial score (nSPS) is 11.3. The highest BCUT2D eigenvalue weighted by molar-refractivity contribution is 8.00. The first-order valence-electron chi connectivity index (χ1n) is 10.3. The maximum atomic E-state index is 13.3. The van der Waals surface area contributed by atoms with E-state index in [1.165, 1.54) is 4.90 Å². The minimum absolute atomic E-state index is 0.0807. The van der Waals surface area contributed by atoms with Crippen LogP contribution in [0.4, 0.5) is 5.13 Å². The van der Waals surface area contributed by atoms with Crippen LogP contribution in [0, 0.1) is 0 Å². The summed E-state index contributed by atoms with van der Waals surface area (Å²) in [6, 6.07) is 14.1. The Morgan fingerprint density at radius 2 is 1.77 bits per heavy atom. The number of methoxy groups -OCH3 is 1. The molecule has 1 amide bonds. The third kappa shape index (κ3) is 6.38. The van der Waals surface area contributed by atoms with Gasteiger partial charge in [-0.3, -0.25) is 9.69 Å². The molecule has 0 fully saturated rings. The number of fused-ring (bicyclic) bond motifs is 1. The van der Waals surface area contributed by atoms with Gasteiger partial charge in [-0.25, -0.2) is 4.98 Å². The average molecular weight is 476 g/mol. The number of aromatic nitrogens is 1. The molecule has 0 unspecified atom stereocenters. The molecule has 31 heavy (non-hydrogen) atoms. The summed E-state index contributed by atoms with van der Waals surface area (Å²) < 4.78 is 6.33. The number of nitrogens with zero attached hydrogens (tertiary/aromatic N) is 3. The molecule has 0 atom stereocenters. The number of thiazole rings is 1. The van der Waals surface area contributed by atoms with E-state index < -0.39 is 0 Å². The van der Waals surface area contributed by atoms with Gasteiger partial charge in [-0.15, -0.1) is 23.5 Å². The lowest BCUT2D eigenvalue weighted by atomic mass is 10.3. The molecule has 0 radical (unpaired) electrons. The van der Waals surface area contributed by atoms with Crippen molar-refractivity contribution in [2.24, 2.45) is 0 Å². The van der Waals surface area contributed by atoms with E-state index in [4.69, 9.17) is 9.72 Å². The van der Waals surface area contributed by atoms with Crippen molar-refractivity contribution in [3.63, 3.8) is 0 Å². The maximum absolute atomic E-state index is 13.3. The van der Waals surface area contributed by atoms with E-state index in [-0.39, 0.29) is 5.91 Å². The largest absolute Gasteiger partial charge is 0.497 e. The van der Waals surface area contributed by atoms with Gasteiger partial charge in [0.05, 0.1) is 23.1 Å². The van der Waals surface area contributed by atoms with Crippen molar-refractivity contribution < 1.29 is 9.53 Å². The van der Waals surface area contributed by atoms with Crippen molar-refractivity contribution in [3.05, 3.63) is 42.5 Å². The molecular weight excluding hydrogens is 446 g/mol. The Bertz CT molecular complexity index is 987. The Balaban J connectivity index is 1.78. The summed E-state index contributed by atoms with van der Waals surface area (Å²) in [6.45, 7) is 7.70. The molecule has 8 heteroatoms. The lowest BCUT2D eigenvalue weighted by Gasteiger charge is -2.24. The zero-order chi connectivity index (χ0) is 22.2. The number of likely N-dealkylation sites (N-methyl/N-ethyl adjacent to an activating group) is 1. The molecule has 0 saturated carbocycles. The lowest BCUT2D eigenvalue weighted by Crippen LogP contribution is -2.39. The van der Waals surface area contributed by atoms with E-state index in [1.54, 1.807) is 42.0 Å². The third-order valence-electron chi connectivity index (χ3n) is 5.07. The summed E-state index contributed by atoms with van der Waals surface area (Å²) in [7, 11) is 1.65. The molecule has 0 aliphatic rings. The van der Waals surface area contributed by atoms with Crippen LogP contribution < -0.4 is 9.64 Å². The molecule has 0 spiro atoms. The van der Waals surface area contributed by atoms with Crippen LogP contribution in [0.3, 0.4) is 0 Å². The topological polar surface area (TPSA) is 45.7 Å². The molecule has 2 aromatic carbocycles. The first-order valence-corrected chi connectivity index (χ1v) is 13.3. The molecule has 3 rings (SSSR count). The average Bonchev–Trinajstić information content (AvgIpc) is 3.23. The smallest absolute Gasteiger partial charge is 0.239 e. The molecule has 3 aromatic rings. The van der Waals surface area contributed by atoms with E-state index in [0.29, 0.717) is 12.3 Å². The Labute approximate surface area is 197 Å². The van der Waals surface area contributed by atoms with Crippen LogP contribution in [0.2, 0.25) is 0 Å². The highest BCUT2D eigenvalue weighted by atomic mass is 32.2. The number of benzene rings is 2. The number of anilines is 1. The van der Waals surface area contributed by atoms with Crippen LogP contribution >= 0.6 is 34.9 Å². The van der Waals surface area contributed by atoms with Gasteiger partial charge in [-0.2, -0.15) is 0 Å². The molecule has 1 heterocycles. The number of ether oxygens (including phenoxy) is 1. The second-order valence-corrected chi connectivity index (χ2v) is 9.80. The summed E-state index contributed by atoms with van der Waals surface area (Å²) in [6.07, 6.45) is 2.07. The molecule has 0 aliphatic carbocycles. The zero-order valence-electron chi connectivity index (χ0n) is 18.5. The van der Waals surface area contributed by atoms with Crippen LogP contribution in [-0.4, -0.2) is 61.1 Å². The van der Waals surface area contributed by atoms with E-state index in [2.05, 4.69) is 37.1 Å². The van der Waals surface area contributed by atoms with Crippen molar-refractivity contribution in [2.45, 2.75) is 23.6 Å². The van der Waals surface area contributed by atoms with E-state index in [1.807, 2.05) is 35.2 Å². The predicted octanol–water partition coefficient (Wildman–Crippen LogP) is 5.49. The fraction of sp³-hybridized carbons (Fsp3) is 0.391. The first kappa shape index (κ1) is 23.9. The third-order valence-corrected chi connectivity index (χ3v) is 7.84.